The van der Waals surface area contributed by atoms with Gasteiger partial charge < -0.3 is 15.7 Å². The summed E-state index contributed by atoms with van der Waals surface area (Å²) in [4.78, 5) is 2.43. The van der Waals surface area contributed by atoms with E-state index in [-0.39, 0.29) is 12.1 Å². The molecule has 3 nitrogen and oxygen atoms in total. The maximum atomic E-state index is 9.30. The third-order valence-electron chi connectivity index (χ3n) is 4.03. The number of hydrogen-bond acceptors (Lipinski definition) is 3. The highest BCUT2D eigenvalue weighted by atomic mass is 16.3. The number of rotatable bonds is 4. The molecular weight excluding hydrogens is 188 g/mol. The average Bonchev–Trinajstić information content (AvgIpc) is 2.27. The molecule has 0 aromatic heterocycles. The van der Waals surface area contributed by atoms with E-state index in [0.717, 1.165) is 19.3 Å². The van der Waals surface area contributed by atoms with Gasteiger partial charge in [0.25, 0.3) is 0 Å². The molecule has 0 bridgehead atoms. The zero-order valence-corrected chi connectivity index (χ0v) is 10.4. The van der Waals surface area contributed by atoms with Gasteiger partial charge in [0, 0.05) is 17.6 Å². The Morgan fingerprint density at radius 3 is 2.80 bits per heavy atom. The Labute approximate surface area is 93.6 Å². The summed E-state index contributed by atoms with van der Waals surface area (Å²) in [6.07, 6.45) is 5.44. The van der Waals surface area contributed by atoms with Crippen LogP contribution >= 0.6 is 0 Å². The summed E-state index contributed by atoms with van der Waals surface area (Å²) in [5, 5.41) is 9.30. The quantitative estimate of drug-likeness (QED) is 0.742. The van der Waals surface area contributed by atoms with E-state index in [1.54, 1.807) is 0 Å². The molecule has 15 heavy (non-hydrogen) atoms. The monoisotopic (exact) mass is 214 g/mol. The maximum absolute atomic E-state index is 9.30. The van der Waals surface area contributed by atoms with Crippen LogP contribution in [-0.4, -0.2) is 41.3 Å². The molecule has 90 valence electrons. The van der Waals surface area contributed by atoms with Crippen molar-refractivity contribution in [2.75, 3.05) is 13.7 Å². The molecule has 0 saturated heterocycles. The molecule has 1 rings (SSSR count). The normalized spacial score (nSPS) is 34.4. The molecule has 0 aliphatic heterocycles. The van der Waals surface area contributed by atoms with Crippen LogP contribution in [0.25, 0.3) is 0 Å². The van der Waals surface area contributed by atoms with Crippen molar-refractivity contribution in [1.29, 1.82) is 0 Å². The Balaban J connectivity index is 2.56. The highest BCUT2D eigenvalue weighted by Gasteiger charge is 2.34. The Kier molecular flexibility index (Phi) is 4.56. The van der Waals surface area contributed by atoms with Crippen LogP contribution < -0.4 is 5.73 Å². The Morgan fingerprint density at radius 2 is 2.27 bits per heavy atom. The predicted molar refractivity (Wildman–Crippen MR) is 63.8 cm³/mol. The van der Waals surface area contributed by atoms with Gasteiger partial charge in [-0.1, -0.05) is 6.92 Å². The van der Waals surface area contributed by atoms with Gasteiger partial charge in [-0.3, -0.25) is 0 Å². The lowest BCUT2D eigenvalue weighted by molar-refractivity contribution is 0.0754. The largest absolute Gasteiger partial charge is 0.394 e. The summed E-state index contributed by atoms with van der Waals surface area (Å²) >= 11 is 0. The van der Waals surface area contributed by atoms with Crippen LogP contribution in [0.3, 0.4) is 0 Å². The molecule has 3 N–H and O–H groups in total. The van der Waals surface area contributed by atoms with Gasteiger partial charge >= 0.3 is 0 Å². The highest BCUT2D eigenvalue weighted by Crippen LogP contribution is 2.29. The number of hydrogen-bond donors (Lipinski definition) is 2. The number of nitrogens with two attached hydrogens (primary N) is 1. The first kappa shape index (κ1) is 12.9. The van der Waals surface area contributed by atoms with Crippen LogP contribution in [0.4, 0.5) is 0 Å². The van der Waals surface area contributed by atoms with Crippen molar-refractivity contribution < 1.29 is 5.11 Å². The molecule has 3 heteroatoms. The standard InChI is InChI=1S/C12H26N2O/c1-4-10(2)14(3)11-6-5-7-12(13,8-11)9-15/h10-11,15H,4-9,13H2,1-3H3. The average molecular weight is 214 g/mol. The summed E-state index contributed by atoms with van der Waals surface area (Å²) < 4.78 is 0. The van der Waals surface area contributed by atoms with Crippen LogP contribution in [-0.2, 0) is 0 Å². The summed E-state index contributed by atoms with van der Waals surface area (Å²) in [5.74, 6) is 0. The van der Waals surface area contributed by atoms with E-state index in [1.165, 1.54) is 12.8 Å². The minimum atomic E-state index is -0.329. The summed E-state index contributed by atoms with van der Waals surface area (Å²) in [6.45, 7) is 4.59. The summed E-state index contributed by atoms with van der Waals surface area (Å²) in [5.41, 5.74) is 5.82. The molecule has 1 fully saturated rings. The SMILES string of the molecule is CCC(C)N(C)C1CCCC(N)(CO)C1. The minimum absolute atomic E-state index is 0.123. The second-order valence-electron chi connectivity index (χ2n) is 5.19. The summed E-state index contributed by atoms with van der Waals surface area (Å²) in [6, 6.07) is 1.15. The van der Waals surface area contributed by atoms with E-state index in [4.69, 9.17) is 5.73 Å². The van der Waals surface area contributed by atoms with E-state index in [1.807, 2.05) is 0 Å². The van der Waals surface area contributed by atoms with E-state index >= 15 is 0 Å². The smallest absolute Gasteiger partial charge is 0.0611 e. The lowest BCUT2D eigenvalue weighted by atomic mass is 9.79. The first-order valence-electron chi connectivity index (χ1n) is 6.14. The van der Waals surface area contributed by atoms with Gasteiger partial charge in [0.1, 0.15) is 0 Å². The third kappa shape index (κ3) is 3.16. The molecule has 1 saturated carbocycles. The van der Waals surface area contributed by atoms with Gasteiger partial charge in [-0.25, -0.2) is 0 Å². The fourth-order valence-electron chi connectivity index (χ4n) is 2.50. The van der Waals surface area contributed by atoms with Crippen molar-refractivity contribution in [1.82, 2.24) is 4.90 Å². The molecule has 0 heterocycles. The zero-order chi connectivity index (χ0) is 11.5. The van der Waals surface area contributed by atoms with Crippen LogP contribution in [0.2, 0.25) is 0 Å². The van der Waals surface area contributed by atoms with Crippen molar-refractivity contribution in [3.8, 4) is 0 Å². The van der Waals surface area contributed by atoms with Crippen LogP contribution in [0.1, 0.15) is 46.0 Å². The van der Waals surface area contributed by atoms with E-state index < -0.39 is 0 Å². The maximum Gasteiger partial charge on any atom is 0.0611 e. The third-order valence-corrected chi connectivity index (χ3v) is 4.03. The fraction of sp³-hybridized carbons (Fsp3) is 1.00. The minimum Gasteiger partial charge on any atom is -0.394 e. The van der Waals surface area contributed by atoms with Gasteiger partial charge in [0.2, 0.25) is 0 Å². The van der Waals surface area contributed by atoms with Gasteiger partial charge in [-0.15, -0.1) is 0 Å². The van der Waals surface area contributed by atoms with Crippen molar-refractivity contribution in [2.24, 2.45) is 5.73 Å². The molecular formula is C12H26N2O. The number of nitrogens with zero attached hydrogens (tertiary/aromatic N) is 1. The Hall–Kier alpha value is -0.120. The molecule has 3 atom stereocenters. The molecule has 0 radical (unpaired) electrons. The Morgan fingerprint density at radius 1 is 1.60 bits per heavy atom. The van der Waals surface area contributed by atoms with Crippen LogP contribution in [0.5, 0.6) is 0 Å². The van der Waals surface area contributed by atoms with Crippen LogP contribution in [0, 0.1) is 0 Å². The molecule has 3 unspecified atom stereocenters. The van der Waals surface area contributed by atoms with Crippen molar-refractivity contribution in [3.63, 3.8) is 0 Å². The molecule has 0 aromatic rings. The lowest BCUT2D eigenvalue weighted by Gasteiger charge is -2.42. The van der Waals surface area contributed by atoms with Crippen LogP contribution in [0.15, 0.2) is 0 Å². The van der Waals surface area contributed by atoms with Crippen molar-refractivity contribution in [2.45, 2.75) is 63.6 Å². The predicted octanol–water partition coefficient (Wildman–Crippen LogP) is 1.35. The summed E-state index contributed by atoms with van der Waals surface area (Å²) in [7, 11) is 2.18. The molecule has 1 aliphatic carbocycles. The van der Waals surface area contributed by atoms with Crippen molar-refractivity contribution in [3.05, 3.63) is 0 Å². The van der Waals surface area contributed by atoms with E-state index in [2.05, 4.69) is 25.8 Å². The lowest BCUT2D eigenvalue weighted by Crippen LogP contribution is -2.53. The van der Waals surface area contributed by atoms with Gasteiger partial charge in [-0.05, 0) is 46.1 Å². The molecule has 1 aliphatic rings. The zero-order valence-electron chi connectivity index (χ0n) is 10.4. The first-order chi connectivity index (χ1) is 7.02. The molecule has 0 spiro atoms. The topological polar surface area (TPSA) is 49.5 Å². The van der Waals surface area contributed by atoms with Gasteiger partial charge in [0.15, 0.2) is 0 Å². The highest BCUT2D eigenvalue weighted by molar-refractivity contribution is 4.93. The first-order valence-corrected chi connectivity index (χ1v) is 6.14. The second-order valence-corrected chi connectivity index (χ2v) is 5.19. The molecule has 0 amide bonds. The second kappa shape index (κ2) is 5.28. The number of aliphatic hydroxyl groups excluding tert-OH is 1. The van der Waals surface area contributed by atoms with Gasteiger partial charge in [-0.2, -0.15) is 0 Å². The number of aliphatic hydroxyl groups is 1. The van der Waals surface area contributed by atoms with E-state index in [0.29, 0.717) is 12.1 Å². The van der Waals surface area contributed by atoms with Gasteiger partial charge in [0.05, 0.1) is 6.61 Å². The fourth-order valence-corrected chi connectivity index (χ4v) is 2.50. The van der Waals surface area contributed by atoms with Crippen molar-refractivity contribution >= 4 is 0 Å². The molecule has 0 aromatic carbocycles. The Bertz CT molecular complexity index is 198. The van der Waals surface area contributed by atoms with E-state index in [9.17, 15) is 5.11 Å².